The molecule has 2 rings (SSSR count). The predicted octanol–water partition coefficient (Wildman–Crippen LogP) is 2.16. The van der Waals surface area contributed by atoms with Crippen LogP contribution in [0.5, 0.6) is 0 Å². The lowest BCUT2D eigenvalue weighted by Crippen LogP contribution is -2.56. The van der Waals surface area contributed by atoms with Crippen molar-refractivity contribution in [2.45, 2.75) is 25.2 Å². The number of rotatable bonds is 1. The minimum atomic E-state index is -4.97. The number of hydrazone groups is 1. The summed E-state index contributed by atoms with van der Waals surface area (Å²) in [5, 5.41) is 13.4. The zero-order chi connectivity index (χ0) is 14.3. The molecule has 1 unspecified atom stereocenters. The second-order valence-corrected chi connectivity index (χ2v) is 4.31. The van der Waals surface area contributed by atoms with Gasteiger partial charge in [0.05, 0.1) is 0 Å². The average Bonchev–Trinajstić information content (AvgIpc) is 2.65. The minimum Gasteiger partial charge on any atom is -0.362 e. The van der Waals surface area contributed by atoms with E-state index in [-0.39, 0.29) is 16.3 Å². The fourth-order valence-electron chi connectivity index (χ4n) is 1.86. The summed E-state index contributed by atoms with van der Waals surface area (Å²) in [4.78, 5) is 12.0. The topological polar surface area (TPSA) is 52.9 Å². The number of carbonyl (C=O) groups is 1. The number of aliphatic hydroxyl groups is 1. The van der Waals surface area contributed by atoms with Gasteiger partial charge in [0, 0.05) is 17.7 Å². The molecule has 0 radical (unpaired) electrons. The standard InChI is InChI=1S/C12H11F3N2O2/c1-8-7-11(19,12(13,14)15)17(16-8)10(18)9-5-3-2-4-6-9/h2-6,19H,7H2,1H3. The van der Waals surface area contributed by atoms with Gasteiger partial charge in [0.15, 0.2) is 0 Å². The number of carbonyl (C=O) groups excluding carboxylic acids is 1. The summed E-state index contributed by atoms with van der Waals surface area (Å²) in [5.41, 5.74) is -3.20. The SMILES string of the molecule is CC1=NN(C(=O)c2ccccc2)C(O)(C(F)(F)F)C1. The zero-order valence-electron chi connectivity index (χ0n) is 9.98. The molecule has 1 N–H and O–H groups in total. The first-order valence-corrected chi connectivity index (χ1v) is 5.48. The third kappa shape index (κ3) is 2.21. The van der Waals surface area contributed by atoms with Gasteiger partial charge in [-0.15, -0.1) is 0 Å². The highest BCUT2D eigenvalue weighted by molar-refractivity contribution is 5.97. The molecular weight excluding hydrogens is 261 g/mol. The summed E-state index contributed by atoms with van der Waals surface area (Å²) in [6.07, 6.45) is -5.71. The van der Waals surface area contributed by atoms with E-state index in [2.05, 4.69) is 5.10 Å². The van der Waals surface area contributed by atoms with E-state index in [0.29, 0.717) is 0 Å². The molecule has 1 aromatic carbocycles. The van der Waals surface area contributed by atoms with Gasteiger partial charge in [-0.2, -0.15) is 23.3 Å². The number of alkyl halides is 3. The minimum absolute atomic E-state index is 0.0311. The smallest absolute Gasteiger partial charge is 0.362 e. The van der Waals surface area contributed by atoms with Crippen LogP contribution in [-0.4, -0.2) is 33.6 Å². The molecule has 0 bridgehead atoms. The maximum absolute atomic E-state index is 12.9. The lowest BCUT2D eigenvalue weighted by Gasteiger charge is -2.32. The summed E-state index contributed by atoms with van der Waals surface area (Å²) in [6.45, 7) is 1.33. The third-order valence-corrected chi connectivity index (χ3v) is 2.79. The monoisotopic (exact) mass is 272 g/mol. The average molecular weight is 272 g/mol. The van der Waals surface area contributed by atoms with Crippen LogP contribution in [0.25, 0.3) is 0 Å². The number of nitrogens with zero attached hydrogens (tertiary/aromatic N) is 2. The maximum atomic E-state index is 12.9. The van der Waals surface area contributed by atoms with Crippen LogP contribution in [0.4, 0.5) is 13.2 Å². The number of hydrogen-bond donors (Lipinski definition) is 1. The summed E-state index contributed by atoms with van der Waals surface area (Å²) < 4.78 is 38.8. The molecule has 102 valence electrons. The van der Waals surface area contributed by atoms with Gasteiger partial charge in [-0.25, -0.2) is 0 Å². The van der Waals surface area contributed by atoms with Crippen molar-refractivity contribution >= 4 is 11.6 Å². The molecule has 0 spiro atoms. The molecule has 1 aromatic rings. The van der Waals surface area contributed by atoms with E-state index in [4.69, 9.17) is 0 Å². The fraction of sp³-hybridized carbons (Fsp3) is 0.333. The van der Waals surface area contributed by atoms with E-state index in [1.165, 1.54) is 31.2 Å². The lowest BCUT2D eigenvalue weighted by molar-refractivity contribution is -0.297. The Bertz CT molecular complexity index is 528. The molecule has 0 aromatic heterocycles. The number of benzene rings is 1. The Morgan fingerprint density at radius 1 is 1.37 bits per heavy atom. The van der Waals surface area contributed by atoms with Gasteiger partial charge in [-0.05, 0) is 19.1 Å². The van der Waals surface area contributed by atoms with Crippen LogP contribution in [0.2, 0.25) is 0 Å². The van der Waals surface area contributed by atoms with Crippen molar-refractivity contribution in [2.24, 2.45) is 5.10 Å². The van der Waals surface area contributed by atoms with Crippen molar-refractivity contribution in [3.05, 3.63) is 35.9 Å². The Morgan fingerprint density at radius 3 is 2.47 bits per heavy atom. The molecule has 1 amide bonds. The zero-order valence-corrected chi connectivity index (χ0v) is 9.98. The van der Waals surface area contributed by atoms with Crippen LogP contribution in [0.1, 0.15) is 23.7 Å². The van der Waals surface area contributed by atoms with Crippen LogP contribution in [0, 0.1) is 0 Å². The van der Waals surface area contributed by atoms with Crippen molar-refractivity contribution in [2.75, 3.05) is 0 Å². The van der Waals surface area contributed by atoms with E-state index >= 15 is 0 Å². The first-order valence-electron chi connectivity index (χ1n) is 5.48. The molecule has 0 saturated carbocycles. The van der Waals surface area contributed by atoms with Crippen LogP contribution in [0.3, 0.4) is 0 Å². The normalized spacial score (nSPS) is 23.4. The molecular formula is C12H11F3N2O2. The molecule has 1 heterocycles. The van der Waals surface area contributed by atoms with Crippen molar-refractivity contribution in [3.63, 3.8) is 0 Å². The first kappa shape index (κ1) is 13.5. The summed E-state index contributed by atoms with van der Waals surface area (Å²) in [6, 6.07) is 7.40. The van der Waals surface area contributed by atoms with Crippen LogP contribution in [0.15, 0.2) is 35.4 Å². The molecule has 0 saturated heterocycles. The molecule has 19 heavy (non-hydrogen) atoms. The quantitative estimate of drug-likeness (QED) is 0.851. The summed E-state index contributed by atoms with van der Waals surface area (Å²) >= 11 is 0. The molecule has 4 nitrogen and oxygen atoms in total. The van der Waals surface area contributed by atoms with Gasteiger partial charge in [0.2, 0.25) is 0 Å². The Balaban J connectivity index is 2.40. The fourth-order valence-corrected chi connectivity index (χ4v) is 1.86. The largest absolute Gasteiger partial charge is 0.438 e. The van der Waals surface area contributed by atoms with Crippen LogP contribution < -0.4 is 0 Å². The van der Waals surface area contributed by atoms with Gasteiger partial charge in [-0.1, -0.05) is 18.2 Å². The molecule has 1 atom stereocenters. The Labute approximate surface area is 107 Å². The number of halogens is 3. The van der Waals surface area contributed by atoms with Crippen molar-refractivity contribution in [1.29, 1.82) is 0 Å². The highest BCUT2D eigenvalue weighted by Gasteiger charge is 2.62. The van der Waals surface area contributed by atoms with Gasteiger partial charge >= 0.3 is 6.18 Å². The van der Waals surface area contributed by atoms with Gasteiger partial charge in [0.1, 0.15) is 0 Å². The van der Waals surface area contributed by atoms with E-state index in [1.54, 1.807) is 6.07 Å². The number of amides is 1. The van der Waals surface area contributed by atoms with E-state index in [1.807, 2.05) is 0 Å². The van der Waals surface area contributed by atoms with Gasteiger partial charge < -0.3 is 5.11 Å². The lowest BCUT2D eigenvalue weighted by atomic mass is 10.1. The highest BCUT2D eigenvalue weighted by Crippen LogP contribution is 2.40. The van der Waals surface area contributed by atoms with Gasteiger partial charge in [-0.3, -0.25) is 4.79 Å². The van der Waals surface area contributed by atoms with Crippen molar-refractivity contribution in [1.82, 2.24) is 5.01 Å². The van der Waals surface area contributed by atoms with Crippen LogP contribution >= 0.6 is 0 Å². The summed E-state index contributed by atoms with van der Waals surface area (Å²) in [7, 11) is 0. The highest BCUT2D eigenvalue weighted by atomic mass is 19.4. The summed E-state index contributed by atoms with van der Waals surface area (Å²) in [5.74, 6) is -0.989. The molecule has 0 aliphatic carbocycles. The van der Waals surface area contributed by atoms with Crippen molar-refractivity contribution in [3.8, 4) is 0 Å². The van der Waals surface area contributed by atoms with E-state index in [9.17, 15) is 23.1 Å². The maximum Gasteiger partial charge on any atom is 0.438 e. The third-order valence-electron chi connectivity index (χ3n) is 2.79. The van der Waals surface area contributed by atoms with E-state index in [0.717, 1.165) is 0 Å². The van der Waals surface area contributed by atoms with Crippen LogP contribution in [-0.2, 0) is 0 Å². The molecule has 1 aliphatic heterocycles. The molecule has 0 fully saturated rings. The first-order chi connectivity index (χ1) is 8.75. The second-order valence-electron chi connectivity index (χ2n) is 4.31. The van der Waals surface area contributed by atoms with Gasteiger partial charge in [0.25, 0.3) is 11.6 Å². The van der Waals surface area contributed by atoms with Crippen molar-refractivity contribution < 1.29 is 23.1 Å². The Morgan fingerprint density at radius 2 is 1.95 bits per heavy atom. The molecule has 1 aliphatic rings. The Hall–Kier alpha value is -1.89. The second kappa shape index (κ2) is 4.34. The molecule has 7 heteroatoms. The Kier molecular flexibility index (Phi) is 3.09. The predicted molar refractivity (Wildman–Crippen MR) is 61.3 cm³/mol. The van der Waals surface area contributed by atoms with E-state index < -0.39 is 24.2 Å². The number of hydrogen-bond acceptors (Lipinski definition) is 3.